The molecule has 0 spiro atoms. The van der Waals surface area contributed by atoms with Crippen molar-refractivity contribution in [2.24, 2.45) is 17.2 Å². The minimum absolute atomic E-state index is 0.0278. The quantitative estimate of drug-likeness (QED) is 0.465. The fraction of sp³-hybridized carbons (Fsp3) is 1.00. The molecule has 1 aliphatic heterocycles. The van der Waals surface area contributed by atoms with E-state index < -0.39 is 0 Å². The highest BCUT2D eigenvalue weighted by Crippen LogP contribution is 2.01. The molecule has 1 atom stereocenters. The molecule has 5 nitrogen and oxygen atoms in total. The summed E-state index contributed by atoms with van der Waals surface area (Å²) < 4.78 is 0. The minimum Gasteiger partial charge on any atom is -0.329 e. The Morgan fingerprint density at radius 1 is 1.08 bits per heavy atom. The van der Waals surface area contributed by atoms with Crippen LogP contribution in [0, 0.1) is 0 Å². The summed E-state index contributed by atoms with van der Waals surface area (Å²) in [6.45, 7) is 6.41. The normalized spacial score (nSPS) is 23.3. The molecule has 78 valence electrons. The van der Waals surface area contributed by atoms with Crippen LogP contribution >= 0.6 is 0 Å². The summed E-state index contributed by atoms with van der Waals surface area (Å²) in [5.41, 5.74) is 16.8. The molecular formula is C8H21N5. The zero-order valence-corrected chi connectivity index (χ0v) is 8.15. The van der Waals surface area contributed by atoms with E-state index in [1.165, 1.54) is 0 Å². The van der Waals surface area contributed by atoms with E-state index in [4.69, 9.17) is 17.2 Å². The molecule has 1 saturated heterocycles. The molecule has 6 N–H and O–H groups in total. The van der Waals surface area contributed by atoms with E-state index in [0.717, 1.165) is 39.3 Å². The number of nitrogens with two attached hydrogens (primary N) is 3. The van der Waals surface area contributed by atoms with Gasteiger partial charge < -0.3 is 17.2 Å². The summed E-state index contributed by atoms with van der Waals surface area (Å²) in [5.74, 6) is 0. The van der Waals surface area contributed by atoms with Crippen LogP contribution in [-0.2, 0) is 0 Å². The third-order valence-electron chi connectivity index (χ3n) is 2.56. The van der Waals surface area contributed by atoms with E-state index >= 15 is 0 Å². The fourth-order valence-corrected chi connectivity index (χ4v) is 1.65. The number of hydrogen-bond donors (Lipinski definition) is 3. The molecule has 0 saturated carbocycles. The highest BCUT2D eigenvalue weighted by Gasteiger charge is 2.19. The molecule has 0 aromatic rings. The smallest absolute Gasteiger partial charge is 0.0699 e. The van der Waals surface area contributed by atoms with Crippen LogP contribution in [0.25, 0.3) is 0 Å². The molecule has 13 heavy (non-hydrogen) atoms. The first kappa shape index (κ1) is 10.9. The van der Waals surface area contributed by atoms with Gasteiger partial charge in [0.15, 0.2) is 0 Å². The lowest BCUT2D eigenvalue weighted by Gasteiger charge is -2.37. The van der Waals surface area contributed by atoms with E-state index in [-0.39, 0.29) is 6.17 Å². The molecule has 0 amide bonds. The van der Waals surface area contributed by atoms with Crippen molar-refractivity contribution in [1.29, 1.82) is 0 Å². The predicted octanol–water partition coefficient (Wildman–Crippen LogP) is -2.19. The van der Waals surface area contributed by atoms with E-state index in [9.17, 15) is 0 Å². The zero-order chi connectivity index (χ0) is 9.68. The van der Waals surface area contributed by atoms with E-state index in [1.54, 1.807) is 0 Å². The summed E-state index contributed by atoms with van der Waals surface area (Å²) in [6, 6.07) is 0. The zero-order valence-electron chi connectivity index (χ0n) is 8.15. The van der Waals surface area contributed by atoms with Crippen molar-refractivity contribution in [3.8, 4) is 0 Å². The van der Waals surface area contributed by atoms with Crippen LogP contribution in [0.5, 0.6) is 0 Å². The lowest BCUT2D eigenvalue weighted by molar-refractivity contribution is 0.103. The summed E-state index contributed by atoms with van der Waals surface area (Å²) in [7, 11) is 0. The van der Waals surface area contributed by atoms with Crippen LogP contribution in [0.15, 0.2) is 0 Å². The lowest BCUT2D eigenvalue weighted by atomic mass is 10.3. The Kier molecular flexibility index (Phi) is 4.61. The van der Waals surface area contributed by atoms with E-state index in [1.807, 2.05) is 0 Å². The summed E-state index contributed by atoms with van der Waals surface area (Å²) >= 11 is 0. The van der Waals surface area contributed by atoms with Crippen LogP contribution in [-0.4, -0.2) is 61.8 Å². The van der Waals surface area contributed by atoms with E-state index in [0.29, 0.717) is 6.54 Å². The van der Waals surface area contributed by atoms with Gasteiger partial charge in [-0.15, -0.1) is 0 Å². The Morgan fingerprint density at radius 2 is 1.69 bits per heavy atom. The highest BCUT2D eigenvalue weighted by molar-refractivity contribution is 4.75. The molecule has 1 heterocycles. The molecular weight excluding hydrogens is 166 g/mol. The summed E-state index contributed by atoms with van der Waals surface area (Å²) in [4.78, 5) is 4.59. The molecule has 1 aliphatic rings. The van der Waals surface area contributed by atoms with Crippen LogP contribution in [0.3, 0.4) is 0 Å². The molecule has 0 aromatic carbocycles. The van der Waals surface area contributed by atoms with Crippen LogP contribution in [0.4, 0.5) is 0 Å². The van der Waals surface area contributed by atoms with Crippen molar-refractivity contribution in [2.45, 2.75) is 6.17 Å². The highest BCUT2D eigenvalue weighted by atomic mass is 15.3. The maximum atomic E-state index is 5.82. The van der Waals surface area contributed by atoms with Crippen molar-refractivity contribution in [2.75, 3.05) is 45.8 Å². The standard InChI is InChI=1S/C8H21N5/c9-1-2-12-3-5-13(6-4-12)8(11)7-10/h8H,1-7,9-11H2. The van der Waals surface area contributed by atoms with Gasteiger partial charge in [0.1, 0.15) is 0 Å². The summed E-state index contributed by atoms with van der Waals surface area (Å²) in [6.07, 6.45) is 0.0278. The van der Waals surface area contributed by atoms with Gasteiger partial charge >= 0.3 is 0 Å². The van der Waals surface area contributed by atoms with Crippen LogP contribution < -0.4 is 17.2 Å². The first-order valence-electron chi connectivity index (χ1n) is 4.90. The van der Waals surface area contributed by atoms with Crippen molar-refractivity contribution in [3.05, 3.63) is 0 Å². The first-order chi connectivity index (χ1) is 6.27. The second-order valence-corrected chi connectivity index (χ2v) is 3.47. The molecule has 0 bridgehead atoms. The molecule has 1 fully saturated rings. The number of hydrogen-bond acceptors (Lipinski definition) is 5. The van der Waals surface area contributed by atoms with Gasteiger partial charge in [0, 0.05) is 45.8 Å². The Balaban J connectivity index is 2.22. The largest absolute Gasteiger partial charge is 0.329 e. The second-order valence-electron chi connectivity index (χ2n) is 3.47. The van der Waals surface area contributed by atoms with E-state index in [2.05, 4.69) is 9.80 Å². The average Bonchev–Trinajstić information content (AvgIpc) is 2.18. The Morgan fingerprint density at radius 3 is 2.15 bits per heavy atom. The second kappa shape index (κ2) is 5.51. The number of piperazine rings is 1. The van der Waals surface area contributed by atoms with Gasteiger partial charge in [-0.3, -0.25) is 9.80 Å². The molecule has 0 aliphatic carbocycles. The van der Waals surface area contributed by atoms with Gasteiger partial charge in [-0.2, -0.15) is 0 Å². The van der Waals surface area contributed by atoms with Crippen molar-refractivity contribution in [1.82, 2.24) is 9.80 Å². The maximum Gasteiger partial charge on any atom is 0.0699 e. The minimum atomic E-state index is 0.0278. The van der Waals surface area contributed by atoms with Crippen LogP contribution in [0.2, 0.25) is 0 Å². The Hall–Kier alpha value is -0.200. The third-order valence-corrected chi connectivity index (χ3v) is 2.56. The predicted molar refractivity (Wildman–Crippen MR) is 54.1 cm³/mol. The molecule has 1 unspecified atom stereocenters. The first-order valence-corrected chi connectivity index (χ1v) is 4.90. The topological polar surface area (TPSA) is 84.5 Å². The molecule has 1 rings (SSSR count). The van der Waals surface area contributed by atoms with Gasteiger partial charge in [0.05, 0.1) is 6.17 Å². The monoisotopic (exact) mass is 187 g/mol. The van der Waals surface area contributed by atoms with Gasteiger partial charge in [-0.1, -0.05) is 0 Å². The van der Waals surface area contributed by atoms with Gasteiger partial charge in [0.25, 0.3) is 0 Å². The Bertz CT molecular complexity index is 132. The van der Waals surface area contributed by atoms with Gasteiger partial charge in [0.2, 0.25) is 0 Å². The van der Waals surface area contributed by atoms with Crippen molar-refractivity contribution >= 4 is 0 Å². The fourth-order valence-electron chi connectivity index (χ4n) is 1.65. The van der Waals surface area contributed by atoms with Crippen LogP contribution in [0.1, 0.15) is 0 Å². The lowest BCUT2D eigenvalue weighted by Crippen LogP contribution is -2.56. The van der Waals surface area contributed by atoms with Gasteiger partial charge in [-0.25, -0.2) is 0 Å². The number of rotatable bonds is 4. The Labute approximate surface area is 79.8 Å². The maximum absolute atomic E-state index is 5.82. The van der Waals surface area contributed by atoms with Gasteiger partial charge in [-0.05, 0) is 0 Å². The third kappa shape index (κ3) is 3.21. The SMILES string of the molecule is NCCN1CCN(C(N)CN)CC1. The summed E-state index contributed by atoms with van der Waals surface area (Å²) in [5, 5.41) is 0. The molecule has 0 aromatic heterocycles. The molecule has 0 radical (unpaired) electrons. The number of nitrogens with zero attached hydrogens (tertiary/aromatic N) is 2. The average molecular weight is 187 g/mol. The molecule has 5 heteroatoms. The van der Waals surface area contributed by atoms with Crippen molar-refractivity contribution < 1.29 is 0 Å². The van der Waals surface area contributed by atoms with Crippen molar-refractivity contribution in [3.63, 3.8) is 0 Å².